The van der Waals surface area contributed by atoms with Crippen molar-refractivity contribution in [1.82, 2.24) is 30.9 Å². The molecule has 3 aromatic heterocycles. The van der Waals surface area contributed by atoms with Crippen molar-refractivity contribution in [2.45, 2.75) is 0 Å². The third-order valence-corrected chi connectivity index (χ3v) is 1.92. The van der Waals surface area contributed by atoms with Gasteiger partial charge in [0.25, 0.3) is 0 Å². The van der Waals surface area contributed by atoms with Crippen LogP contribution in [-0.4, -0.2) is 35.7 Å². The highest BCUT2D eigenvalue weighted by molar-refractivity contribution is 5.71. The fourth-order valence-corrected chi connectivity index (χ4v) is 1.21. The number of rotatable bonds is 2. The van der Waals surface area contributed by atoms with E-state index in [0.717, 1.165) is 0 Å². The van der Waals surface area contributed by atoms with E-state index in [9.17, 15) is 0 Å². The van der Waals surface area contributed by atoms with Gasteiger partial charge in [-0.15, -0.1) is 0 Å². The van der Waals surface area contributed by atoms with Gasteiger partial charge < -0.3 is 10.3 Å². The van der Waals surface area contributed by atoms with E-state index < -0.39 is 0 Å². The molecule has 3 rings (SSSR count). The maximum Gasteiger partial charge on any atom is 0.426 e. The molecule has 3 aromatic rings. The quantitative estimate of drug-likeness (QED) is 0.447. The van der Waals surface area contributed by atoms with Gasteiger partial charge in [-0.3, -0.25) is 0 Å². The minimum absolute atomic E-state index is 0.0293. The highest BCUT2D eigenvalue weighted by Gasteiger charge is 2.24. The summed E-state index contributed by atoms with van der Waals surface area (Å²) < 4.78 is 13.5. The fraction of sp³-hybridized carbons (Fsp3) is 0. The first-order valence-electron chi connectivity index (χ1n) is 4.23. The SMILES string of the molecule is [N-]=[N+]=c1[nH]onc1-c1nonc1-c1cnon1. The van der Waals surface area contributed by atoms with Crippen molar-refractivity contribution in [3.8, 4) is 22.8 Å². The second-order valence-corrected chi connectivity index (χ2v) is 2.84. The summed E-state index contributed by atoms with van der Waals surface area (Å²) in [5.74, 6) is 0. The van der Waals surface area contributed by atoms with Crippen LogP contribution in [-0.2, 0) is 0 Å². The zero-order valence-electron chi connectivity index (χ0n) is 7.93. The molecule has 0 unspecified atom stereocenters. The predicted octanol–water partition coefficient (Wildman–Crippen LogP) is -0.767. The summed E-state index contributed by atoms with van der Waals surface area (Å²) in [6.45, 7) is 0. The maximum atomic E-state index is 8.70. The smallest absolute Gasteiger partial charge is 0.426 e. The minimum atomic E-state index is -0.0293. The Morgan fingerprint density at radius 3 is 2.71 bits per heavy atom. The van der Waals surface area contributed by atoms with Gasteiger partial charge in [0, 0.05) is 0 Å². The Morgan fingerprint density at radius 1 is 1.06 bits per heavy atom. The summed E-state index contributed by atoms with van der Waals surface area (Å²) in [7, 11) is 0. The van der Waals surface area contributed by atoms with E-state index in [-0.39, 0.29) is 22.6 Å². The first-order chi connectivity index (χ1) is 8.40. The van der Waals surface area contributed by atoms with Gasteiger partial charge in [-0.05, 0) is 25.8 Å². The van der Waals surface area contributed by atoms with Crippen LogP contribution in [0.3, 0.4) is 0 Å². The van der Waals surface area contributed by atoms with E-state index in [0.29, 0.717) is 5.69 Å². The topological polar surface area (TPSA) is 156 Å². The minimum Gasteiger partial charge on any atom is -0.497 e. The largest absolute Gasteiger partial charge is 0.497 e. The third kappa shape index (κ3) is 1.34. The fourth-order valence-electron chi connectivity index (χ4n) is 1.21. The lowest BCUT2D eigenvalue weighted by Crippen LogP contribution is -2.07. The van der Waals surface area contributed by atoms with E-state index in [1.165, 1.54) is 6.20 Å². The van der Waals surface area contributed by atoms with Gasteiger partial charge in [0.05, 0.1) is 0 Å². The molecule has 3 heterocycles. The molecule has 0 bridgehead atoms. The van der Waals surface area contributed by atoms with Crippen molar-refractivity contribution in [1.29, 1.82) is 0 Å². The number of aromatic nitrogens is 6. The Labute approximate surface area is 90.5 Å². The Kier molecular flexibility index (Phi) is 1.89. The summed E-state index contributed by atoms with van der Waals surface area (Å²) in [6, 6.07) is 0. The van der Waals surface area contributed by atoms with Gasteiger partial charge in [0.1, 0.15) is 6.20 Å². The first kappa shape index (κ1) is 9.18. The van der Waals surface area contributed by atoms with Crippen LogP contribution in [0, 0.1) is 0 Å². The molecule has 11 nitrogen and oxygen atoms in total. The second kappa shape index (κ2) is 3.50. The Bertz CT molecular complexity index is 714. The molecule has 0 saturated carbocycles. The lowest BCUT2D eigenvalue weighted by Gasteiger charge is -1.84. The average molecular weight is 234 g/mol. The van der Waals surface area contributed by atoms with Gasteiger partial charge in [-0.25, -0.2) is 9.26 Å². The van der Waals surface area contributed by atoms with Crippen LogP contribution in [0.25, 0.3) is 28.3 Å². The molecule has 0 spiro atoms. The van der Waals surface area contributed by atoms with Crippen molar-refractivity contribution in [2.24, 2.45) is 0 Å². The highest BCUT2D eigenvalue weighted by Crippen LogP contribution is 2.23. The van der Waals surface area contributed by atoms with Gasteiger partial charge in [-0.2, -0.15) is 4.63 Å². The molecule has 0 aliphatic rings. The molecule has 0 aliphatic heterocycles. The van der Waals surface area contributed by atoms with Crippen molar-refractivity contribution in [3.05, 3.63) is 17.2 Å². The molecule has 0 atom stereocenters. The summed E-state index contributed by atoms with van der Waals surface area (Å²) in [6.07, 6.45) is 1.32. The number of H-pyrrole nitrogens is 1. The molecule has 84 valence electrons. The van der Waals surface area contributed by atoms with Crippen LogP contribution in [0.5, 0.6) is 0 Å². The average Bonchev–Trinajstić information content (AvgIpc) is 3.09. The molecule has 0 radical (unpaired) electrons. The zero-order valence-corrected chi connectivity index (χ0v) is 7.93. The maximum absolute atomic E-state index is 8.70. The van der Waals surface area contributed by atoms with E-state index >= 15 is 0 Å². The number of nitrogens with zero attached hydrogens (tertiary/aromatic N) is 7. The number of hydrogen-bond acceptors (Lipinski definition) is 8. The van der Waals surface area contributed by atoms with Crippen LogP contribution >= 0.6 is 0 Å². The van der Waals surface area contributed by atoms with Crippen LogP contribution in [0.4, 0.5) is 0 Å². The number of nitrogens with one attached hydrogen (secondary N) is 1. The van der Waals surface area contributed by atoms with Gasteiger partial charge >= 0.3 is 5.49 Å². The molecular weight excluding hydrogens is 232 g/mol. The molecule has 1 N–H and O–H groups in total. The van der Waals surface area contributed by atoms with Crippen LogP contribution in [0.1, 0.15) is 0 Å². The number of hydrogen-bond donors (Lipinski definition) is 1. The molecule has 0 aliphatic carbocycles. The monoisotopic (exact) mass is 234 g/mol. The van der Waals surface area contributed by atoms with E-state index in [1.807, 2.05) is 0 Å². The summed E-state index contributed by atoms with van der Waals surface area (Å²) in [5, 5.41) is 20.1. The summed E-state index contributed by atoms with van der Waals surface area (Å²) >= 11 is 0. The molecule has 17 heavy (non-hydrogen) atoms. The predicted molar refractivity (Wildman–Crippen MR) is 44.2 cm³/mol. The van der Waals surface area contributed by atoms with Crippen LogP contribution < -0.4 is 5.49 Å². The molecule has 11 heteroatoms. The summed E-state index contributed by atoms with van der Waals surface area (Å²) in [4.78, 5) is 2.93. The molecule has 0 amide bonds. The summed E-state index contributed by atoms with van der Waals surface area (Å²) in [5.41, 5.74) is 9.50. The normalized spacial score (nSPS) is 10.4. The molecule has 0 aromatic carbocycles. The van der Waals surface area contributed by atoms with Crippen LogP contribution in [0.2, 0.25) is 0 Å². The van der Waals surface area contributed by atoms with Crippen LogP contribution in [0.15, 0.2) is 20.1 Å². The Balaban J connectivity index is 2.24. The Morgan fingerprint density at radius 2 is 1.94 bits per heavy atom. The van der Waals surface area contributed by atoms with Crippen molar-refractivity contribution in [2.75, 3.05) is 0 Å². The zero-order chi connectivity index (χ0) is 11.7. The van der Waals surface area contributed by atoms with E-state index in [1.54, 1.807) is 0 Å². The lowest BCUT2D eigenvalue weighted by molar-refractivity contribution is -0.0750. The standard InChI is InChI=1S/C6H2N8O3/c7-9-6-5(13-17-14-6)4-3(11-16-12-4)2-1-8-15-10-2/h1,14H. The van der Waals surface area contributed by atoms with E-state index in [2.05, 4.69) is 49.6 Å². The van der Waals surface area contributed by atoms with Crippen molar-refractivity contribution in [3.63, 3.8) is 0 Å². The highest BCUT2D eigenvalue weighted by atomic mass is 16.6. The van der Waals surface area contributed by atoms with Gasteiger partial charge in [0.15, 0.2) is 17.1 Å². The van der Waals surface area contributed by atoms with Crippen molar-refractivity contribution >= 4 is 0 Å². The lowest BCUT2D eigenvalue weighted by atomic mass is 10.2. The molecule has 0 saturated heterocycles. The van der Waals surface area contributed by atoms with E-state index in [4.69, 9.17) is 5.53 Å². The number of aromatic amines is 1. The Hall–Kier alpha value is -3.07. The van der Waals surface area contributed by atoms with Crippen molar-refractivity contribution < 1.29 is 18.7 Å². The van der Waals surface area contributed by atoms with Gasteiger partial charge in [0.2, 0.25) is 5.69 Å². The second-order valence-electron chi connectivity index (χ2n) is 2.84. The first-order valence-corrected chi connectivity index (χ1v) is 4.23. The molecule has 0 fully saturated rings. The van der Waals surface area contributed by atoms with Gasteiger partial charge in [-0.1, -0.05) is 5.16 Å². The molecular formula is C6H2N8O3. The third-order valence-electron chi connectivity index (χ3n) is 1.92.